The van der Waals surface area contributed by atoms with Gasteiger partial charge in [-0.25, -0.2) is 0 Å². The molecular weight excluding hydrogens is 348 g/mol. The second-order valence-electron chi connectivity index (χ2n) is 8.11. The van der Waals surface area contributed by atoms with E-state index in [0.29, 0.717) is 12.1 Å². The molecule has 2 amide bonds. The van der Waals surface area contributed by atoms with Gasteiger partial charge in [-0.1, -0.05) is 73.7 Å². The molecule has 146 valence electrons. The molecule has 0 spiro atoms. The lowest BCUT2D eigenvalue weighted by atomic mass is 10.0. The van der Waals surface area contributed by atoms with Crippen LogP contribution in [-0.2, 0) is 11.3 Å². The van der Waals surface area contributed by atoms with Crippen molar-refractivity contribution in [1.29, 1.82) is 0 Å². The zero-order valence-corrected chi connectivity index (χ0v) is 16.5. The molecule has 2 aromatic rings. The second-order valence-corrected chi connectivity index (χ2v) is 8.11. The third-order valence-electron chi connectivity index (χ3n) is 5.98. The Balaban J connectivity index is 1.59. The molecule has 0 aromatic heterocycles. The van der Waals surface area contributed by atoms with E-state index in [0.717, 1.165) is 36.8 Å². The normalized spacial score (nSPS) is 20.0. The van der Waals surface area contributed by atoms with Gasteiger partial charge in [0.15, 0.2) is 0 Å². The van der Waals surface area contributed by atoms with Gasteiger partial charge in [-0.05, 0) is 37.0 Å². The van der Waals surface area contributed by atoms with Crippen LogP contribution in [0.2, 0.25) is 0 Å². The Kier molecular flexibility index (Phi) is 5.47. The minimum atomic E-state index is -0.548. The maximum Gasteiger partial charge on any atom is 0.255 e. The summed E-state index contributed by atoms with van der Waals surface area (Å²) in [7, 11) is 0. The molecule has 28 heavy (non-hydrogen) atoms. The summed E-state index contributed by atoms with van der Waals surface area (Å²) in [5.41, 5.74) is 3.70. The van der Waals surface area contributed by atoms with Crippen LogP contribution in [0.4, 0.5) is 0 Å². The van der Waals surface area contributed by atoms with E-state index in [9.17, 15) is 9.59 Å². The van der Waals surface area contributed by atoms with Gasteiger partial charge in [-0.3, -0.25) is 9.59 Å². The number of nitrogens with one attached hydrogen (secondary N) is 1. The molecule has 2 aliphatic rings. The Morgan fingerprint density at radius 1 is 1.00 bits per heavy atom. The minimum Gasteiger partial charge on any atom is -0.351 e. The third kappa shape index (κ3) is 3.82. The van der Waals surface area contributed by atoms with Crippen LogP contribution in [0.3, 0.4) is 0 Å². The predicted octanol–water partition coefficient (Wildman–Crippen LogP) is 4.53. The molecule has 1 aliphatic heterocycles. The van der Waals surface area contributed by atoms with Crippen LogP contribution in [0.5, 0.6) is 0 Å². The number of nitrogens with zero attached hydrogens (tertiary/aromatic N) is 1. The molecule has 1 aliphatic carbocycles. The Morgan fingerprint density at radius 3 is 2.39 bits per heavy atom. The number of carbonyl (C=O) groups is 2. The number of amides is 2. The van der Waals surface area contributed by atoms with Gasteiger partial charge in [0, 0.05) is 18.2 Å². The summed E-state index contributed by atoms with van der Waals surface area (Å²) < 4.78 is 0. The highest BCUT2D eigenvalue weighted by Gasteiger charge is 2.41. The molecule has 1 heterocycles. The van der Waals surface area contributed by atoms with E-state index in [1.807, 2.05) is 55.5 Å². The molecule has 1 saturated carbocycles. The lowest BCUT2D eigenvalue weighted by Gasteiger charge is -2.27. The highest BCUT2D eigenvalue weighted by Crippen LogP contribution is 2.35. The Labute approximate surface area is 166 Å². The van der Waals surface area contributed by atoms with Crippen molar-refractivity contribution in [2.75, 3.05) is 0 Å². The Bertz CT molecular complexity index is 851. The average Bonchev–Trinajstić information content (AvgIpc) is 2.85. The SMILES string of the molecule is Cc1ccc(CN2C(=O)c3ccccc3[C@@H]2C(=O)NC2CCCCCC2)cc1. The van der Waals surface area contributed by atoms with Crippen molar-refractivity contribution in [3.63, 3.8) is 0 Å². The first-order valence-corrected chi connectivity index (χ1v) is 10.4. The van der Waals surface area contributed by atoms with Crippen LogP contribution in [0.1, 0.15) is 71.6 Å². The number of aryl methyl sites for hydroxylation is 1. The van der Waals surface area contributed by atoms with Gasteiger partial charge in [-0.2, -0.15) is 0 Å². The van der Waals surface area contributed by atoms with Crippen LogP contribution < -0.4 is 5.32 Å². The lowest BCUT2D eigenvalue weighted by Crippen LogP contribution is -2.43. The van der Waals surface area contributed by atoms with Gasteiger partial charge in [0.2, 0.25) is 5.91 Å². The number of rotatable bonds is 4. The van der Waals surface area contributed by atoms with Gasteiger partial charge >= 0.3 is 0 Å². The molecule has 2 aromatic carbocycles. The number of benzene rings is 2. The summed E-state index contributed by atoms with van der Waals surface area (Å²) in [4.78, 5) is 28.1. The molecule has 4 rings (SSSR count). The number of hydrogen-bond donors (Lipinski definition) is 1. The minimum absolute atomic E-state index is 0.0442. The second kappa shape index (κ2) is 8.17. The fourth-order valence-electron chi connectivity index (χ4n) is 4.41. The van der Waals surface area contributed by atoms with Gasteiger partial charge in [0.1, 0.15) is 6.04 Å². The number of fused-ring (bicyclic) bond motifs is 1. The van der Waals surface area contributed by atoms with E-state index in [-0.39, 0.29) is 17.9 Å². The van der Waals surface area contributed by atoms with Crippen molar-refractivity contribution < 1.29 is 9.59 Å². The summed E-state index contributed by atoms with van der Waals surface area (Å²) in [6, 6.07) is 15.4. The fourth-order valence-corrected chi connectivity index (χ4v) is 4.41. The zero-order valence-electron chi connectivity index (χ0n) is 16.5. The van der Waals surface area contributed by atoms with Crippen molar-refractivity contribution in [1.82, 2.24) is 10.2 Å². The Morgan fingerprint density at radius 2 is 1.68 bits per heavy atom. The van der Waals surface area contributed by atoms with Crippen molar-refractivity contribution in [3.05, 3.63) is 70.8 Å². The smallest absolute Gasteiger partial charge is 0.255 e. The predicted molar refractivity (Wildman–Crippen MR) is 110 cm³/mol. The molecule has 0 saturated heterocycles. The summed E-state index contributed by atoms with van der Waals surface area (Å²) in [5, 5.41) is 3.25. The highest BCUT2D eigenvalue weighted by molar-refractivity contribution is 6.04. The summed E-state index contributed by atoms with van der Waals surface area (Å²) in [6.07, 6.45) is 6.89. The molecule has 0 unspecified atom stereocenters. The summed E-state index contributed by atoms with van der Waals surface area (Å²) >= 11 is 0. The van der Waals surface area contributed by atoms with Gasteiger partial charge in [-0.15, -0.1) is 0 Å². The van der Waals surface area contributed by atoms with E-state index in [1.165, 1.54) is 18.4 Å². The van der Waals surface area contributed by atoms with Crippen molar-refractivity contribution >= 4 is 11.8 Å². The molecule has 4 nitrogen and oxygen atoms in total. The number of carbonyl (C=O) groups excluding carboxylic acids is 2. The number of hydrogen-bond acceptors (Lipinski definition) is 2. The van der Waals surface area contributed by atoms with E-state index in [1.54, 1.807) is 4.90 Å². The standard InChI is InChI=1S/C24H28N2O2/c1-17-12-14-18(15-13-17)16-26-22(20-10-6-7-11-21(20)24(26)28)23(27)25-19-8-4-2-3-5-9-19/h6-7,10-15,19,22H,2-5,8-9,16H2,1H3,(H,25,27)/t22-/m1/s1. The van der Waals surface area contributed by atoms with E-state index in [4.69, 9.17) is 0 Å². The third-order valence-corrected chi connectivity index (χ3v) is 5.98. The van der Waals surface area contributed by atoms with Gasteiger partial charge < -0.3 is 10.2 Å². The van der Waals surface area contributed by atoms with Crippen molar-refractivity contribution in [3.8, 4) is 0 Å². The first-order valence-electron chi connectivity index (χ1n) is 10.4. The first-order chi connectivity index (χ1) is 13.6. The van der Waals surface area contributed by atoms with Crippen LogP contribution in [0, 0.1) is 6.92 Å². The van der Waals surface area contributed by atoms with Gasteiger partial charge in [0.05, 0.1) is 0 Å². The molecule has 0 bridgehead atoms. The van der Waals surface area contributed by atoms with E-state index >= 15 is 0 Å². The fraction of sp³-hybridized carbons (Fsp3) is 0.417. The zero-order chi connectivity index (χ0) is 19.5. The average molecular weight is 377 g/mol. The monoisotopic (exact) mass is 376 g/mol. The Hall–Kier alpha value is -2.62. The van der Waals surface area contributed by atoms with Crippen molar-refractivity contribution in [2.45, 2.75) is 64.1 Å². The van der Waals surface area contributed by atoms with Crippen molar-refractivity contribution in [2.24, 2.45) is 0 Å². The van der Waals surface area contributed by atoms with Crippen LogP contribution in [-0.4, -0.2) is 22.8 Å². The van der Waals surface area contributed by atoms with E-state index in [2.05, 4.69) is 5.32 Å². The maximum absolute atomic E-state index is 13.3. The largest absolute Gasteiger partial charge is 0.351 e. The van der Waals surface area contributed by atoms with Crippen LogP contribution >= 0.6 is 0 Å². The lowest BCUT2D eigenvalue weighted by molar-refractivity contribution is -0.126. The first kappa shape index (κ1) is 18.7. The molecule has 1 N–H and O–H groups in total. The van der Waals surface area contributed by atoms with Crippen LogP contribution in [0.25, 0.3) is 0 Å². The van der Waals surface area contributed by atoms with Gasteiger partial charge in [0.25, 0.3) is 5.91 Å². The van der Waals surface area contributed by atoms with Crippen LogP contribution in [0.15, 0.2) is 48.5 Å². The quantitative estimate of drug-likeness (QED) is 0.797. The molecular formula is C24H28N2O2. The molecule has 1 atom stereocenters. The molecule has 1 fully saturated rings. The molecule has 4 heteroatoms. The maximum atomic E-state index is 13.3. The summed E-state index contributed by atoms with van der Waals surface area (Å²) in [6.45, 7) is 2.49. The molecule has 0 radical (unpaired) electrons. The highest BCUT2D eigenvalue weighted by atomic mass is 16.2. The van der Waals surface area contributed by atoms with E-state index < -0.39 is 6.04 Å². The summed E-state index contributed by atoms with van der Waals surface area (Å²) in [5.74, 6) is -0.102. The topological polar surface area (TPSA) is 49.4 Å².